The van der Waals surface area contributed by atoms with E-state index in [1.54, 1.807) is 24.5 Å². The first-order valence-corrected chi connectivity index (χ1v) is 27.7. The molecule has 23 heteroatoms. The lowest BCUT2D eigenvalue weighted by atomic mass is 9.91. The molecule has 2 unspecified atom stereocenters. The molecule has 6 heterocycles. The number of ether oxygens (including phenoxy) is 2. The molecule has 6 rings (SSSR count). The minimum atomic E-state index is -3.92. The Balaban J connectivity index is 0.000000263. The van der Waals surface area contributed by atoms with Gasteiger partial charge in [0, 0.05) is 51.5 Å². The van der Waals surface area contributed by atoms with E-state index in [2.05, 4.69) is 89.9 Å². The van der Waals surface area contributed by atoms with Gasteiger partial charge in [-0.1, -0.05) is 12.1 Å². The molecular weight excluding hydrogens is 1090 g/mol. The van der Waals surface area contributed by atoms with Crippen molar-refractivity contribution in [2.24, 2.45) is 27.8 Å². The number of carbonyl (C=O) groups is 2. The second-order valence-corrected chi connectivity index (χ2v) is 25.8. The number of primary sulfonamides is 2. The Bertz CT molecular complexity index is 2650. The molecule has 2 amide bonds. The first-order chi connectivity index (χ1) is 32.6. The summed E-state index contributed by atoms with van der Waals surface area (Å²) in [4.78, 5) is 45.1. The monoisotopic (exact) mass is 1150 g/mol. The van der Waals surface area contributed by atoms with Crippen LogP contribution in [0.1, 0.15) is 131 Å². The average molecular weight is 1160 g/mol. The Hall–Kier alpha value is -4.39. The molecule has 0 bridgehead atoms. The third-order valence-corrected chi connectivity index (χ3v) is 14.0. The fraction of sp³-hybridized carbons (Fsp3) is 0.542. The zero-order valence-corrected chi connectivity index (χ0v) is 46.8. The molecule has 2 saturated heterocycles. The molecule has 0 saturated carbocycles. The van der Waals surface area contributed by atoms with Crippen molar-refractivity contribution in [1.82, 2.24) is 29.7 Å². The van der Waals surface area contributed by atoms with Crippen LogP contribution in [0.15, 0.2) is 92.1 Å². The normalized spacial score (nSPS) is 18.5. The van der Waals surface area contributed by atoms with Crippen molar-refractivity contribution in [3.05, 3.63) is 99.3 Å². The van der Waals surface area contributed by atoms with Crippen molar-refractivity contribution in [2.45, 2.75) is 152 Å². The van der Waals surface area contributed by atoms with Crippen LogP contribution < -0.4 is 21.3 Å². The number of likely N-dealkylation sites (tertiary alicyclic amines) is 2. The van der Waals surface area contributed by atoms with Crippen molar-refractivity contribution < 1.29 is 40.3 Å². The summed E-state index contributed by atoms with van der Waals surface area (Å²) in [6.45, 7) is 21.0. The quantitative estimate of drug-likeness (QED) is 0.0963. The van der Waals surface area contributed by atoms with Crippen LogP contribution in [0.5, 0.6) is 0 Å². The average Bonchev–Trinajstić information content (AvgIpc) is 3.73. The van der Waals surface area contributed by atoms with Gasteiger partial charge in [-0.3, -0.25) is 9.97 Å². The minimum Gasteiger partial charge on any atom is -0.444 e. The maximum atomic E-state index is 12.8. The lowest BCUT2D eigenvalue weighted by Gasteiger charge is -2.33. The lowest BCUT2D eigenvalue weighted by Crippen LogP contribution is -2.45. The largest absolute Gasteiger partial charge is 0.444 e. The third kappa shape index (κ3) is 19.2. The van der Waals surface area contributed by atoms with Gasteiger partial charge in [-0.2, -0.15) is 4.39 Å². The molecule has 2 aliphatic heterocycles. The number of pyridine rings is 4. The number of anilines is 1. The Labute approximate surface area is 435 Å². The van der Waals surface area contributed by atoms with Gasteiger partial charge in [-0.15, -0.1) is 0 Å². The number of halogens is 3. The molecule has 4 aromatic heterocycles. The molecule has 2 fully saturated rings. The number of nitrogens with one attached hydrogen (secondary N) is 1. The molecule has 18 nitrogen and oxygen atoms in total. The van der Waals surface area contributed by atoms with E-state index in [1.165, 1.54) is 12.1 Å². The van der Waals surface area contributed by atoms with Crippen LogP contribution in [0, 0.1) is 17.8 Å². The minimum absolute atomic E-state index is 0.0770. The van der Waals surface area contributed by atoms with Gasteiger partial charge in [0.2, 0.25) is 5.95 Å². The van der Waals surface area contributed by atoms with Crippen LogP contribution in [0.2, 0.25) is 0 Å². The number of sulfonamides is 2. The van der Waals surface area contributed by atoms with Crippen molar-refractivity contribution in [3.63, 3.8) is 0 Å². The summed E-state index contributed by atoms with van der Waals surface area (Å²) in [5.74, 6) is 0.245. The Morgan fingerprint density at radius 2 is 1.15 bits per heavy atom. The van der Waals surface area contributed by atoms with E-state index in [-0.39, 0.29) is 46.3 Å². The topological polar surface area (TPSA) is 269 Å². The zero-order chi connectivity index (χ0) is 53.3. The van der Waals surface area contributed by atoms with Gasteiger partial charge in [0.1, 0.15) is 17.0 Å². The molecule has 0 spiro atoms. The van der Waals surface area contributed by atoms with Crippen LogP contribution in [0.4, 0.5) is 19.8 Å². The van der Waals surface area contributed by atoms with Crippen molar-refractivity contribution in [1.29, 1.82) is 0 Å². The van der Waals surface area contributed by atoms with Crippen LogP contribution >= 0.6 is 31.9 Å². The lowest BCUT2D eigenvalue weighted by molar-refractivity contribution is 0.0118. The van der Waals surface area contributed by atoms with Gasteiger partial charge >= 0.3 is 12.2 Å². The van der Waals surface area contributed by atoms with Crippen LogP contribution in [-0.2, 0) is 29.5 Å². The van der Waals surface area contributed by atoms with Crippen LogP contribution in [0.3, 0.4) is 0 Å². The smallest absolute Gasteiger partial charge is 0.410 e. The molecule has 7 N–H and O–H groups in total. The number of carbonyl (C=O) groups excluding carboxylic acids is 2. The number of hydrogen-bond acceptors (Lipinski definition) is 14. The van der Waals surface area contributed by atoms with Crippen molar-refractivity contribution in [2.75, 3.05) is 18.4 Å². The number of aromatic nitrogens is 4. The molecule has 0 radical (unpaired) electrons. The highest BCUT2D eigenvalue weighted by atomic mass is 79.9. The first kappa shape index (κ1) is 59.2. The van der Waals surface area contributed by atoms with Crippen molar-refractivity contribution >= 4 is 69.9 Å². The third-order valence-electron chi connectivity index (χ3n) is 11.5. The first-order valence-electron chi connectivity index (χ1n) is 23.0. The molecule has 2 aliphatic rings. The Morgan fingerprint density at radius 1 is 0.718 bits per heavy atom. The summed E-state index contributed by atoms with van der Waals surface area (Å²) in [7, 11) is -7.80. The maximum absolute atomic E-state index is 12.8. The van der Waals surface area contributed by atoms with Gasteiger partial charge in [-0.25, -0.2) is 46.7 Å². The van der Waals surface area contributed by atoms with Gasteiger partial charge in [0.25, 0.3) is 20.0 Å². The summed E-state index contributed by atoms with van der Waals surface area (Å²) in [5.41, 5.74) is 6.48. The number of hydrogen-bond donors (Lipinski definition) is 4. The number of nitrogens with zero attached hydrogens (tertiary/aromatic N) is 6. The zero-order valence-electron chi connectivity index (χ0n) is 42.0. The predicted molar refractivity (Wildman–Crippen MR) is 277 cm³/mol. The van der Waals surface area contributed by atoms with E-state index in [4.69, 9.17) is 20.3 Å². The van der Waals surface area contributed by atoms with Crippen LogP contribution in [0.25, 0.3) is 0 Å². The highest BCUT2D eigenvalue weighted by Crippen LogP contribution is 2.39. The molecule has 71 heavy (non-hydrogen) atoms. The van der Waals surface area contributed by atoms with E-state index in [0.29, 0.717) is 24.7 Å². The van der Waals surface area contributed by atoms with Crippen molar-refractivity contribution in [3.8, 4) is 0 Å². The van der Waals surface area contributed by atoms with Gasteiger partial charge in [-0.05, 0) is 200 Å². The van der Waals surface area contributed by atoms with E-state index >= 15 is 0 Å². The summed E-state index contributed by atoms with van der Waals surface area (Å²) >= 11 is 6.80. The standard InChI is InChI=1S/C24H34BrN5O4S.C19H30BrN3O2.C5H5FN2O2S/c1-23(2,3)34-22(31)30-15-16(13-24(30,4)5)9-11-19(18-12-10-17(25)14-27-18)28-20-7-6-8-21(29-20)35(26,32)33;1-18(2,3)25-17(24)23-12-13(10-19(23,4)5)6-8-15(21)16-9-7-14(20)11-22-16;6-4-2-1-3-5(8-4)11(7,9)10/h6-8,10,12,14,16,19H,9,11,13,15H2,1-5H3,(H,28,29)(H2,26,32,33);7,9,11,13,15H,6,8,10,12,21H2,1-5H3;1-3H,(H2,7,9,10)/t16-,19?;13-,15?;/m00./s1. The number of nitrogens with two attached hydrogens (primary N) is 3. The highest BCUT2D eigenvalue weighted by molar-refractivity contribution is 9.10. The van der Waals surface area contributed by atoms with E-state index in [0.717, 1.165) is 71.1 Å². The number of amides is 2. The van der Waals surface area contributed by atoms with E-state index in [9.17, 15) is 30.8 Å². The van der Waals surface area contributed by atoms with Crippen LogP contribution in [-0.4, -0.2) is 94.1 Å². The second kappa shape index (κ2) is 24.1. The van der Waals surface area contributed by atoms with Gasteiger partial charge in [0.05, 0.1) is 17.4 Å². The summed E-state index contributed by atoms with van der Waals surface area (Å²) in [6.07, 6.45) is 8.17. The molecule has 392 valence electrons. The Kier molecular flexibility index (Phi) is 20.1. The SMILES string of the molecule is CC(C)(C)OC(=O)N1C[C@@H](CCC(N)c2ccc(Br)cn2)CC1(C)C.CC(C)(C)OC(=O)N1C[C@@H](CCC(Nc2cccc(S(N)(=O)=O)n2)c2ccc(Br)cn2)CC1(C)C.NS(=O)(=O)c1cccc(F)n1. The maximum Gasteiger partial charge on any atom is 0.410 e. The van der Waals surface area contributed by atoms with Gasteiger partial charge < -0.3 is 30.3 Å². The highest BCUT2D eigenvalue weighted by Gasteiger charge is 2.44. The Morgan fingerprint density at radius 3 is 1.56 bits per heavy atom. The molecule has 4 atom stereocenters. The summed E-state index contributed by atoms with van der Waals surface area (Å²) in [6, 6.07) is 15.5. The van der Waals surface area contributed by atoms with E-state index in [1.807, 2.05) is 75.6 Å². The second-order valence-electron chi connectivity index (χ2n) is 21.0. The summed E-state index contributed by atoms with van der Waals surface area (Å²) < 4.78 is 69.8. The summed E-state index contributed by atoms with van der Waals surface area (Å²) in [5, 5.41) is 12.6. The molecule has 4 aromatic rings. The predicted octanol–water partition coefficient (Wildman–Crippen LogP) is 9.38. The fourth-order valence-electron chi connectivity index (χ4n) is 8.28. The number of rotatable bonds is 12. The molecule has 0 aliphatic carbocycles. The molecular formula is C48H69Br2FN10O8S2. The van der Waals surface area contributed by atoms with Gasteiger partial charge in [0.15, 0.2) is 10.1 Å². The fourth-order valence-corrected chi connectivity index (χ4v) is 9.72. The van der Waals surface area contributed by atoms with E-state index < -0.39 is 42.2 Å². The molecule has 0 aromatic carbocycles.